The van der Waals surface area contributed by atoms with E-state index in [4.69, 9.17) is 16.4 Å². The van der Waals surface area contributed by atoms with Crippen LogP contribution < -0.4 is 10.2 Å². The normalized spacial score (nSPS) is 10.8. The largest absolute Gasteiger partial charge is 0.402 e. The second kappa shape index (κ2) is 6.53. The number of rotatable bonds is 4. The molecule has 0 aliphatic carbocycles. The molecule has 1 N–H and O–H groups in total. The molecule has 0 spiro atoms. The molecule has 0 aliphatic heterocycles. The van der Waals surface area contributed by atoms with Gasteiger partial charge in [0.05, 0.1) is 5.02 Å². The van der Waals surface area contributed by atoms with E-state index >= 15 is 0 Å². The molecule has 5 nitrogen and oxygen atoms in total. The van der Waals surface area contributed by atoms with Crippen molar-refractivity contribution in [2.75, 3.05) is 11.9 Å². The molecule has 0 fully saturated rings. The summed E-state index contributed by atoms with van der Waals surface area (Å²) in [6.45, 7) is 5.67. The van der Waals surface area contributed by atoms with Crippen LogP contribution in [0.2, 0.25) is 5.02 Å². The maximum absolute atomic E-state index is 12.2. The minimum absolute atomic E-state index is 0.119. The van der Waals surface area contributed by atoms with Gasteiger partial charge >= 0.3 is 0 Å². The van der Waals surface area contributed by atoms with E-state index in [0.717, 1.165) is 22.3 Å². The third-order valence-corrected chi connectivity index (χ3v) is 4.26. The summed E-state index contributed by atoms with van der Waals surface area (Å²) in [4.78, 5) is 22.2. The van der Waals surface area contributed by atoms with Crippen LogP contribution in [0.5, 0.6) is 0 Å². The highest BCUT2D eigenvalue weighted by Gasteiger charge is 2.13. The van der Waals surface area contributed by atoms with Gasteiger partial charge in [-0.2, -0.15) is 4.73 Å². The summed E-state index contributed by atoms with van der Waals surface area (Å²) in [7, 11) is 0. The van der Waals surface area contributed by atoms with Crippen molar-refractivity contribution in [3.8, 4) is 0 Å². The van der Waals surface area contributed by atoms with Crippen LogP contribution in [0.25, 0.3) is 11.0 Å². The third-order valence-electron chi connectivity index (χ3n) is 3.96. The summed E-state index contributed by atoms with van der Waals surface area (Å²) >= 11 is 6.13. The van der Waals surface area contributed by atoms with Gasteiger partial charge < -0.3 is 10.2 Å². The minimum Gasteiger partial charge on any atom is -0.402 e. The smallest absolute Gasteiger partial charge is 0.265 e. The van der Waals surface area contributed by atoms with Gasteiger partial charge in [0.1, 0.15) is 16.9 Å². The molecule has 0 saturated heterocycles. The molecular formula is C18H18ClN3O2. The van der Waals surface area contributed by atoms with Crippen LogP contribution >= 0.6 is 11.6 Å². The lowest BCUT2D eigenvalue weighted by Gasteiger charge is -2.12. The van der Waals surface area contributed by atoms with E-state index in [0.29, 0.717) is 16.4 Å². The van der Waals surface area contributed by atoms with Gasteiger partial charge in [-0.05, 0) is 50.1 Å². The first kappa shape index (κ1) is 16.3. The SMILES string of the molecule is Cc1cccc(NC(=O)COn2c(C)nc3c(Cl)cccc32)c1C. The lowest BCUT2D eigenvalue weighted by molar-refractivity contribution is -0.120. The fourth-order valence-corrected chi connectivity index (χ4v) is 2.73. The molecule has 0 bridgehead atoms. The van der Waals surface area contributed by atoms with Gasteiger partial charge in [0, 0.05) is 5.69 Å². The van der Waals surface area contributed by atoms with Crippen LogP contribution in [-0.4, -0.2) is 22.2 Å². The number of carbonyl (C=O) groups excluding carboxylic acids is 1. The number of nitrogens with zero attached hydrogens (tertiary/aromatic N) is 2. The van der Waals surface area contributed by atoms with Crippen molar-refractivity contribution in [3.63, 3.8) is 0 Å². The van der Waals surface area contributed by atoms with Crippen molar-refractivity contribution in [2.24, 2.45) is 0 Å². The number of imidazole rings is 1. The number of halogens is 1. The Hall–Kier alpha value is -2.53. The Balaban J connectivity index is 1.74. The number of benzene rings is 2. The molecule has 1 heterocycles. The van der Waals surface area contributed by atoms with Crippen LogP contribution in [-0.2, 0) is 4.79 Å². The maximum Gasteiger partial charge on any atom is 0.265 e. The van der Waals surface area contributed by atoms with Crippen LogP contribution in [0, 0.1) is 20.8 Å². The van der Waals surface area contributed by atoms with Crippen LogP contribution in [0.4, 0.5) is 5.69 Å². The van der Waals surface area contributed by atoms with E-state index in [-0.39, 0.29) is 12.5 Å². The number of fused-ring (bicyclic) bond motifs is 1. The molecule has 1 aromatic heterocycles. The van der Waals surface area contributed by atoms with Crippen molar-refractivity contribution in [3.05, 3.63) is 58.4 Å². The fourth-order valence-electron chi connectivity index (χ4n) is 2.52. The zero-order valence-corrected chi connectivity index (χ0v) is 14.5. The quantitative estimate of drug-likeness (QED) is 0.786. The lowest BCUT2D eigenvalue weighted by atomic mass is 10.1. The Labute approximate surface area is 145 Å². The lowest BCUT2D eigenvalue weighted by Crippen LogP contribution is -2.26. The highest BCUT2D eigenvalue weighted by Crippen LogP contribution is 2.23. The number of hydrogen-bond donors (Lipinski definition) is 1. The number of para-hydroxylation sites is 1. The molecule has 0 atom stereocenters. The molecule has 2 aromatic carbocycles. The molecule has 0 radical (unpaired) electrons. The summed E-state index contributed by atoms with van der Waals surface area (Å²) in [6, 6.07) is 11.2. The Morgan fingerprint density at radius 3 is 2.75 bits per heavy atom. The Morgan fingerprint density at radius 2 is 1.96 bits per heavy atom. The van der Waals surface area contributed by atoms with Gasteiger partial charge in [0.15, 0.2) is 6.61 Å². The number of nitrogens with one attached hydrogen (secondary N) is 1. The van der Waals surface area contributed by atoms with Crippen LogP contribution in [0.3, 0.4) is 0 Å². The average Bonchev–Trinajstić information content (AvgIpc) is 2.87. The first-order chi connectivity index (χ1) is 11.5. The van der Waals surface area contributed by atoms with Crippen LogP contribution in [0.15, 0.2) is 36.4 Å². The summed E-state index contributed by atoms with van der Waals surface area (Å²) in [5.74, 6) is 0.407. The first-order valence-corrected chi connectivity index (χ1v) is 7.98. The standard InChI is InChI=1S/C18H18ClN3O2/c1-11-6-4-8-15(12(11)2)21-17(23)10-24-22-13(3)20-18-14(19)7-5-9-16(18)22/h4-9H,10H2,1-3H3,(H,21,23). The van der Waals surface area contributed by atoms with Gasteiger partial charge in [-0.1, -0.05) is 29.8 Å². The molecular weight excluding hydrogens is 326 g/mol. The number of carbonyl (C=O) groups is 1. The molecule has 0 unspecified atom stereocenters. The van der Waals surface area contributed by atoms with E-state index in [2.05, 4.69) is 10.3 Å². The highest BCUT2D eigenvalue weighted by molar-refractivity contribution is 6.34. The Kier molecular flexibility index (Phi) is 4.44. The maximum atomic E-state index is 12.2. The molecule has 3 rings (SSSR count). The summed E-state index contributed by atoms with van der Waals surface area (Å²) in [5, 5.41) is 3.42. The zero-order valence-electron chi connectivity index (χ0n) is 13.8. The average molecular weight is 344 g/mol. The zero-order chi connectivity index (χ0) is 17.3. The molecule has 0 saturated carbocycles. The van der Waals surface area contributed by atoms with E-state index in [1.54, 1.807) is 13.0 Å². The number of aryl methyl sites for hydroxylation is 2. The fraction of sp³-hybridized carbons (Fsp3) is 0.222. The van der Waals surface area contributed by atoms with Crippen molar-refractivity contribution >= 4 is 34.2 Å². The van der Waals surface area contributed by atoms with E-state index in [1.165, 1.54) is 4.73 Å². The number of amides is 1. The predicted molar refractivity (Wildman–Crippen MR) is 95.5 cm³/mol. The van der Waals surface area contributed by atoms with E-state index < -0.39 is 0 Å². The Morgan fingerprint density at radius 1 is 1.21 bits per heavy atom. The van der Waals surface area contributed by atoms with Gasteiger partial charge in [0.2, 0.25) is 0 Å². The summed E-state index contributed by atoms with van der Waals surface area (Å²) in [5.41, 5.74) is 4.35. The molecule has 0 aliphatic rings. The highest BCUT2D eigenvalue weighted by atomic mass is 35.5. The number of aromatic nitrogens is 2. The second-order valence-electron chi connectivity index (χ2n) is 5.63. The second-order valence-corrected chi connectivity index (χ2v) is 6.04. The molecule has 24 heavy (non-hydrogen) atoms. The molecule has 6 heteroatoms. The molecule has 1 amide bonds. The predicted octanol–water partition coefficient (Wildman–Crippen LogP) is 3.68. The van der Waals surface area contributed by atoms with Crippen molar-refractivity contribution in [1.29, 1.82) is 0 Å². The molecule has 3 aromatic rings. The number of hydrogen-bond acceptors (Lipinski definition) is 3. The van der Waals surface area contributed by atoms with Gasteiger partial charge in [-0.3, -0.25) is 4.79 Å². The Bertz CT molecular complexity index is 918. The van der Waals surface area contributed by atoms with Gasteiger partial charge in [-0.25, -0.2) is 4.98 Å². The van der Waals surface area contributed by atoms with Crippen molar-refractivity contribution in [1.82, 2.24) is 9.71 Å². The topological polar surface area (TPSA) is 56.1 Å². The van der Waals surface area contributed by atoms with E-state index in [1.807, 2.05) is 44.2 Å². The summed E-state index contributed by atoms with van der Waals surface area (Å²) in [6.07, 6.45) is 0. The number of anilines is 1. The third kappa shape index (κ3) is 3.08. The monoisotopic (exact) mass is 343 g/mol. The van der Waals surface area contributed by atoms with Crippen molar-refractivity contribution < 1.29 is 9.63 Å². The van der Waals surface area contributed by atoms with Gasteiger partial charge in [0.25, 0.3) is 5.91 Å². The van der Waals surface area contributed by atoms with Gasteiger partial charge in [-0.15, -0.1) is 0 Å². The molecule has 124 valence electrons. The first-order valence-electron chi connectivity index (χ1n) is 7.60. The van der Waals surface area contributed by atoms with Crippen molar-refractivity contribution in [2.45, 2.75) is 20.8 Å². The minimum atomic E-state index is -0.230. The van der Waals surface area contributed by atoms with Crippen LogP contribution in [0.1, 0.15) is 17.0 Å². The summed E-state index contributed by atoms with van der Waals surface area (Å²) < 4.78 is 1.53. The van der Waals surface area contributed by atoms with E-state index in [9.17, 15) is 4.79 Å².